The Kier molecular flexibility index (Phi) is 3.35. The summed E-state index contributed by atoms with van der Waals surface area (Å²) < 4.78 is 0. The van der Waals surface area contributed by atoms with Crippen molar-refractivity contribution in [1.82, 2.24) is 20.4 Å². The number of rotatable bonds is 2. The van der Waals surface area contributed by atoms with E-state index in [0.717, 1.165) is 30.2 Å². The third-order valence-electron chi connectivity index (χ3n) is 3.24. The largest absolute Gasteiger partial charge is 0.334 e. The van der Waals surface area contributed by atoms with Crippen molar-refractivity contribution in [1.29, 1.82) is 0 Å². The molecule has 5 nitrogen and oxygen atoms in total. The van der Waals surface area contributed by atoms with E-state index >= 15 is 0 Å². The zero-order valence-corrected chi connectivity index (χ0v) is 11.5. The lowest BCUT2D eigenvalue weighted by Gasteiger charge is -2.31. The van der Waals surface area contributed by atoms with Gasteiger partial charge >= 0.3 is 0 Å². The van der Waals surface area contributed by atoms with Gasteiger partial charge in [0.1, 0.15) is 0 Å². The van der Waals surface area contributed by atoms with Gasteiger partial charge in [0.2, 0.25) is 0 Å². The molecule has 2 aromatic rings. The topological polar surface area (TPSA) is 61.0 Å². The van der Waals surface area contributed by atoms with Crippen molar-refractivity contribution in [2.75, 3.05) is 19.6 Å². The number of hydrogen-bond donors (Lipinski definition) is 2. The summed E-state index contributed by atoms with van der Waals surface area (Å²) in [7, 11) is 0. The molecule has 19 heavy (non-hydrogen) atoms. The molecule has 2 N–H and O–H groups in total. The van der Waals surface area contributed by atoms with E-state index in [2.05, 4.69) is 22.4 Å². The number of carbonyl (C=O) groups excluding carboxylic acids is 1. The quantitative estimate of drug-likeness (QED) is 0.875. The molecule has 1 amide bonds. The lowest BCUT2D eigenvalue weighted by molar-refractivity contribution is 0.0703. The second-order valence-electron chi connectivity index (χ2n) is 4.75. The molecular weight excluding hydrogens is 260 g/mol. The average molecular weight is 276 g/mol. The summed E-state index contributed by atoms with van der Waals surface area (Å²) in [6.45, 7) is 4.40. The van der Waals surface area contributed by atoms with Crippen LogP contribution in [-0.4, -0.2) is 46.7 Å². The summed E-state index contributed by atoms with van der Waals surface area (Å²) >= 11 is 1.63. The molecule has 1 saturated heterocycles. The third kappa shape index (κ3) is 2.54. The van der Waals surface area contributed by atoms with E-state index in [9.17, 15) is 4.79 Å². The van der Waals surface area contributed by atoms with Crippen molar-refractivity contribution in [3.05, 3.63) is 29.3 Å². The van der Waals surface area contributed by atoms with Gasteiger partial charge < -0.3 is 10.2 Å². The first-order valence-electron chi connectivity index (χ1n) is 6.36. The first-order valence-corrected chi connectivity index (χ1v) is 7.24. The zero-order chi connectivity index (χ0) is 13.2. The van der Waals surface area contributed by atoms with Crippen LogP contribution in [0.15, 0.2) is 23.6 Å². The van der Waals surface area contributed by atoms with E-state index in [1.54, 1.807) is 11.3 Å². The number of piperazine rings is 1. The van der Waals surface area contributed by atoms with Gasteiger partial charge in [0.05, 0.1) is 10.6 Å². The van der Waals surface area contributed by atoms with E-state index in [-0.39, 0.29) is 5.91 Å². The van der Waals surface area contributed by atoms with E-state index in [4.69, 9.17) is 0 Å². The Labute approximate surface area is 115 Å². The van der Waals surface area contributed by atoms with Crippen LogP contribution in [0.4, 0.5) is 0 Å². The second kappa shape index (κ2) is 5.14. The molecule has 3 heterocycles. The predicted octanol–water partition coefficient (Wildman–Crippen LogP) is 1.57. The fourth-order valence-electron chi connectivity index (χ4n) is 2.27. The molecule has 1 atom stereocenters. The maximum absolute atomic E-state index is 12.3. The molecule has 3 rings (SSSR count). The molecule has 0 aromatic carbocycles. The second-order valence-corrected chi connectivity index (χ2v) is 5.70. The number of aromatic nitrogens is 2. The number of amides is 1. The van der Waals surface area contributed by atoms with Crippen LogP contribution in [0.3, 0.4) is 0 Å². The van der Waals surface area contributed by atoms with E-state index in [1.807, 2.05) is 28.5 Å². The number of nitrogens with one attached hydrogen (secondary N) is 2. The van der Waals surface area contributed by atoms with Crippen molar-refractivity contribution in [3.8, 4) is 10.6 Å². The van der Waals surface area contributed by atoms with Gasteiger partial charge in [-0.3, -0.25) is 9.89 Å². The van der Waals surface area contributed by atoms with Gasteiger partial charge in [0.15, 0.2) is 5.69 Å². The number of thiophene rings is 1. The molecule has 0 bridgehead atoms. The fraction of sp³-hybridized carbons (Fsp3) is 0.385. The molecule has 6 heteroatoms. The number of H-pyrrole nitrogens is 1. The molecule has 0 aliphatic carbocycles. The monoisotopic (exact) mass is 276 g/mol. The molecule has 0 saturated carbocycles. The standard InChI is InChI=1S/C13H16N4OS/c1-9-8-17(5-4-14-9)13(18)11-7-10(15-16-11)12-3-2-6-19-12/h2-3,6-7,9,14H,4-5,8H2,1H3,(H,15,16). The van der Waals surface area contributed by atoms with Gasteiger partial charge in [-0.2, -0.15) is 5.10 Å². The van der Waals surface area contributed by atoms with Crippen LogP contribution in [0.2, 0.25) is 0 Å². The van der Waals surface area contributed by atoms with E-state index in [1.165, 1.54) is 0 Å². The zero-order valence-electron chi connectivity index (χ0n) is 10.7. The first kappa shape index (κ1) is 12.4. The molecule has 100 valence electrons. The van der Waals surface area contributed by atoms with Crippen LogP contribution in [-0.2, 0) is 0 Å². The Bertz CT molecular complexity index is 563. The Balaban J connectivity index is 1.77. The van der Waals surface area contributed by atoms with Gasteiger partial charge in [0.25, 0.3) is 5.91 Å². The van der Waals surface area contributed by atoms with Gasteiger partial charge in [-0.05, 0) is 24.4 Å². The highest BCUT2D eigenvalue weighted by Crippen LogP contribution is 2.23. The minimum absolute atomic E-state index is 0.00686. The van der Waals surface area contributed by atoms with Crippen molar-refractivity contribution in [2.45, 2.75) is 13.0 Å². The normalized spacial score (nSPS) is 19.6. The third-order valence-corrected chi connectivity index (χ3v) is 4.14. The van der Waals surface area contributed by atoms with E-state index < -0.39 is 0 Å². The van der Waals surface area contributed by atoms with Crippen LogP contribution < -0.4 is 5.32 Å². The minimum Gasteiger partial charge on any atom is -0.334 e. The number of aromatic amines is 1. The summed E-state index contributed by atoms with van der Waals surface area (Å²) in [6.07, 6.45) is 0. The Morgan fingerprint density at radius 3 is 3.21 bits per heavy atom. The highest BCUT2D eigenvalue weighted by Gasteiger charge is 2.23. The number of hydrogen-bond acceptors (Lipinski definition) is 4. The maximum atomic E-state index is 12.3. The highest BCUT2D eigenvalue weighted by molar-refractivity contribution is 7.13. The molecule has 1 aliphatic heterocycles. The average Bonchev–Trinajstić information content (AvgIpc) is 3.08. The molecule has 1 fully saturated rings. The summed E-state index contributed by atoms with van der Waals surface area (Å²) in [6, 6.07) is 6.17. The van der Waals surface area contributed by atoms with Gasteiger partial charge in [-0.15, -0.1) is 11.3 Å². The van der Waals surface area contributed by atoms with Gasteiger partial charge in [-0.1, -0.05) is 6.07 Å². The Morgan fingerprint density at radius 1 is 1.58 bits per heavy atom. The molecule has 1 aliphatic rings. The van der Waals surface area contributed by atoms with Crippen LogP contribution in [0.25, 0.3) is 10.6 Å². The summed E-state index contributed by atoms with van der Waals surface area (Å²) in [5, 5.41) is 12.4. The summed E-state index contributed by atoms with van der Waals surface area (Å²) in [5.41, 5.74) is 1.40. The van der Waals surface area contributed by atoms with Crippen molar-refractivity contribution in [2.24, 2.45) is 0 Å². The molecule has 2 aromatic heterocycles. The maximum Gasteiger partial charge on any atom is 0.274 e. The van der Waals surface area contributed by atoms with E-state index in [0.29, 0.717) is 11.7 Å². The van der Waals surface area contributed by atoms with Gasteiger partial charge in [-0.25, -0.2) is 0 Å². The van der Waals surface area contributed by atoms with Crippen molar-refractivity contribution in [3.63, 3.8) is 0 Å². The molecule has 1 unspecified atom stereocenters. The van der Waals surface area contributed by atoms with Gasteiger partial charge in [0, 0.05) is 25.7 Å². The minimum atomic E-state index is 0.00686. The fourth-order valence-corrected chi connectivity index (χ4v) is 2.96. The van der Waals surface area contributed by atoms with Crippen LogP contribution in [0.1, 0.15) is 17.4 Å². The SMILES string of the molecule is CC1CN(C(=O)c2cc(-c3cccs3)[nH]n2)CCN1. The van der Waals surface area contributed by atoms with Crippen molar-refractivity contribution >= 4 is 17.2 Å². The van der Waals surface area contributed by atoms with Crippen LogP contribution >= 0.6 is 11.3 Å². The number of nitrogens with zero attached hydrogens (tertiary/aromatic N) is 2. The lowest BCUT2D eigenvalue weighted by Crippen LogP contribution is -2.51. The first-order chi connectivity index (χ1) is 9.24. The lowest BCUT2D eigenvalue weighted by atomic mass is 10.2. The van der Waals surface area contributed by atoms with Crippen LogP contribution in [0.5, 0.6) is 0 Å². The molecule has 0 radical (unpaired) electrons. The van der Waals surface area contributed by atoms with Crippen LogP contribution in [0, 0.1) is 0 Å². The summed E-state index contributed by atoms with van der Waals surface area (Å²) in [4.78, 5) is 15.3. The molecular formula is C13H16N4OS. The smallest absolute Gasteiger partial charge is 0.274 e. The summed E-state index contributed by atoms with van der Waals surface area (Å²) in [5.74, 6) is 0.00686. The number of carbonyl (C=O) groups is 1. The Morgan fingerprint density at radius 2 is 2.47 bits per heavy atom. The predicted molar refractivity (Wildman–Crippen MR) is 75.3 cm³/mol. The highest BCUT2D eigenvalue weighted by atomic mass is 32.1. The Hall–Kier alpha value is -1.66. The van der Waals surface area contributed by atoms with Crippen molar-refractivity contribution < 1.29 is 4.79 Å². The molecule has 0 spiro atoms.